The number of carbonyl (C=O) groups is 2. The molecule has 0 radical (unpaired) electrons. The molecule has 0 aromatic carbocycles. The molecule has 0 saturated carbocycles. The van der Waals surface area contributed by atoms with E-state index in [1.807, 2.05) is 25.7 Å². The van der Waals surface area contributed by atoms with Crippen LogP contribution < -0.4 is 5.73 Å². The number of rotatable bonds is 1. The van der Waals surface area contributed by atoms with Crippen LogP contribution in [-0.2, 0) is 9.53 Å². The lowest BCUT2D eigenvalue weighted by molar-refractivity contribution is -0.137. The third-order valence-corrected chi connectivity index (χ3v) is 3.95. The topological polar surface area (TPSA) is 75.9 Å². The fourth-order valence-corrected chi connectivity index (χ4v) is 2.93. The van der Waals surface area contributed by atoms with E-state index in [-0.39, 0.29) is 11.9 Å². The van der Waals surface area contributed by atoms with Crippen LogP contribution in [0.15, 0.2) is 0 Å². The quantitative estimate of drug-likeness (QED) is 0.792. The molecule has 1 unspecified atom stereocenters. The van der Waals surface area contributed by atoms with E-state index < -0.39 is 17.7 Å². The number of piperidine rings is 1. The molecule has 2 N–H and O–H groups in total. The van der Waals surface area contributed by atoms with Gasteiger partial charge in [-0.25, -0.2) is 4.79 Å². The Morgan fingerprint density at radius 1 is 1.14 bits per heavy atom. The van der Waals surface area contributed by atoms with Crippen molar-refractivity contribution in [3.63, 3.8) is 0 Å². The number of nitrogens with two attached hydrogens (primary N) is 1. The normalized spacial score (nSPS) is 26.9. The van der Waals surface area contributed by atoms with Gasteiger partial charge in [0.25, 0.3) is 0 Å². The van der Waals surface area contributed by atoms with Crippen LogP contribution >= 0.6 is 0 Å². The molecular formula is C15H27N3O3. The Morgan fingerprint density at radius 3 is 2.33 bits per heavy atom. The summed E-state index contributed by atoms with van der Waals surface area (Å²) in [5, 5.41) is 0. The molecule has 2 saturated heterocycles. The monoisotopic (exact) mass is 297 g/mol. The minimum atomic E-state index is -0.570. The van der Waals surface area contributed by atoms with Crippen LogP contribution in [0.2, 0.25) is 0 Å². The highest BCUT2D eigenvalue weighted by Gasteiger charge is 2.39. The van der Waals surface area contributed by atoms with Crippen LogP contribution in [0.4, 0.5) is 4.79 Å². The maximum atomic E-state index is 12.6. The van der Waals surface area contributed by atoms with Gasteiger partial charge in [-0.15, -0.1) is 0 Å². The smallest absolute Gasteiger partial charge is 0.411 e. The highest BCUT2D eigenvalue weighted by atomic mass is 16.6. The van der Waals surface area contributed by atoms with Crippen molar-refractivity contribution in [2.45, 2.75) is 64.1 Å². The van der Waals surface area contributed by atoms with Crippen molar-refractivity contribution in [3.8, 4) is 0 Å². The fourth-order valence-electron chi connectivity index (χ4n) is 2.93. The molecule has 2 fully saturated rings. The highest BCUT2D eigenvalue weighted by molar-refractivity contribution is 5.86. The summed E-state index contributed by atoms with van der Waals surface area (Å²) in [6.45, 7) is 7.45. The average molecular weight is 297 g/mol. The van der Waals surface area contributed by atoms with Gasteiger partial charge >= 0.3 is 6.09 Å². The van der Waals surface area contributed by atoms with Crippen molar-refractivity contribution in [3.05, 3.63) is 0 Å². The zero-order valence-corrected chi connectivity index (χ0v) is 13.3. The van der Waals surface area contributed by atoms with Gasteiger partial charge in [-0.3, -0.25) is 9.69 Å². The summed E-state index contributed by atoms with van der Waals surface area (Å²) >= 11 is 0. The van der Waals surface area contributed by atoms with E-state index in [0.717, 1.165) is 32.4 Å². The molecule has 2 rings (SSSR count). The van der Waals surface area contributed by atoms with E-state index in [0.29, 0.717) is 13.0 Å². The lowest BCUT2D eigenvalue weighted by Crippen LogP contribution is -2.58. The molecule has 21 heavy (non-hydrogen) atoms. The van der Waals surface area contributed by atoms with Gasteiger partial charge in [0.05, 0.1) is 0 Å². The van der Waals surface area contributed by atoms with E-state index in [9.17, 15) is 9.59 Å². The zero-order chi connectivity index (χ0) is 15.6. The number of amides is 2. The molecular weight excluding hydrogens is 270 g/mol. The maximum Gasteiger partial charge on any atom is 0.411 e. The summed E-state index contributed by atoms with van der Waals surface area (Å²) in [4.78, 5) is 28.4. The minimum absolute atomic E-state index is 0.0465. The first-order chi connectivity index (χ1) is 9.78. The van der Waals surface area contributed by atoms with Crippen LogP contribution in [0.5, 0.6) is 0 Å². The van der Waals surface area contributed by atoms with E-state index in [4.69, 9.17) is 10.5 Å². The fraction of sp³-hybridized carbons (Fsp3) is 0.867. The van der Waals surface area contributed by atoms with Crippen LogP contribution in [-0.4, -0.2) is 59.1 Å². The lowest BCUT2D eigenvalue weighted by Gasteiger charge is -2.39. The predicted molar refractivity (Wildman–Crippen MR) is 79.8 cm³/mol. The first-order valence-corrected chi connectivity index (χ1v) is 7.82. The van der Waals surface area contributed by atoms with E-state index in [1.165, 1.54) is 4.90 Å². The van der Waals surface area contributed by atoms with E-state index >= 15 is 0 Å². The number of likely N-dealkylation sites (tertiary alicyclic amines) is 2. The van der Waals surface area contributed by atoms with Gasteiger partial charge in [0.15, 0.2) is 0 Å². The third-order valence-electron chi connectivity index (χ3n) is 3.95. The Morgan fingerprint density at radius 2 is 1.76 bits per heavy atom. The van der Waals surface area contributed by atoms with Crippen molar-refractivity contribution >= 4 is 12.0 Å². The Labute approximate surface area is 126 Å². The molecule has 0 spiro atoms. The minimum Gasteiger partial charge on any atom is -0.444 e. The second-order valence-corrected chi connectivity index (χ2v) is 7.02. The van der Waals surface area contributed by atoms with Crippen molar-refractivity contribution in [1.29, 1.82) is 0 Å². The molecule has 2 atom stereocenters. The molecule has 6 heteroatoms. The molecule has 2 amide bonds. The Balaban J connectivity index is 2.09. The number of ether oxygens (including phenoxy) is 1. The van der Waals surface area contributed by atoms with Gasteiger partial charge in [0.1, 0.15) is 11.6 Å². The predicted octanol–water partition coefficient (Wildman–Crippen LogP) is 1.34. The highest BCUT2D eigenvalue weighted by Crippen LogP contribution is 2.23. The lowest BCUT2D eigenvalue weighted by atomic mass is 9.98. The van der Waals surface area contributed by atoms with Crippen molar-refractivity contribution in [2.75, 3.05) is 19.6 Å². The standard InChI is InChI=1S/C15H27N3O3/c1-15(2,3)21-14(20)18-10-11(16)6-7-12(18)13(19)17-8-4-5-9-17/h11-12H,4-10,16H2,1-3H3/t11-,12?/m0/s1. The number of hydrogen-bond acceptors (Lipinski definition) is 4. The Bertz CT molecular complexity index is 399. The number of carbonyl (C=O) groups excluding carboxylic acids is 2. The molecule has 0 aromatic rings. The molecule has 0 bridgehead atoms. The molecule has 120 valence electrons. The Kier molecular flexibility index (Phi) is 4.76. The first kappa shape index (κ1) is 16.1. The first-order valence-electron chi connectivity index (χ1n) is 7.82. The maximum absolute atomic E-state index is 12.6. The Hall–Kier alpha value is -1.30. The summed E-state index contributed by atoms with van der Waals surface area (Å²) in [5.74, 6) is 0.0465. The van der Waals surface area contributed by atoms with E-state index in [1.54, 1.807) is 0 Å². The van der Waals surface area contributed by atoms with Crippen molar-refractivity contribution < 1.29 is 14.3 Å². The number of nitrogens with zero attached hydrogens (tertiary/aromatic N) is 2. The second kappa shape index (κ2) is 6.22. The third kappa shape index (κ3) is 4.09. The molecule has 6 nitrogen and oxygen atoms in total. The zero-order valence-electron chi connectivity index (χ0n) is 13.3. The largest absolute Gasteiger partial charge is 0.444 e. The SMILES string of the molecule is CC(C)(C)OC(=O)N1C[C@@H](N)CCC1C(=O)N1CCCC1. The molecule has 2 heterocycles. The van der Waals surface area contributed by atoms with Gasteiger partial charge < -0.3 is 15.4 Å². The summed E-state index contributed by atoms with van der Waals surface area (Å²) in [5.41, 5.74) is 5.40. The summed E-state index contributed by atoms with van der Waals surface area (Å²) < 4.78 is 5.43. The van der Waals surface area contributed by atoms with Gasteiger partial charge in [0, 0.05) is 25.7 Å². The van der Waals surface area contributed by atoms with Crippen LogP contribution in [0, 0.1) is 0 Å². The summed E-state index contributed by atoms with van der Waals surface area (Å²) in [6.07, 6.45) is 3.05. The van der Waals surface area contributed by atoms with Gasteiger partial charge in [-0.1, -0.05) is 0 Å². The van der Waals surface area contributed by atoms with Crippen LogP contribution in [0.3, 0.4) is 0 Å². The molecule has 2 aliphatic rings. The number of hydrogen-bond donors (Lipinski definition) is 1. The van der Waals surface area contributed by atoms with Crippen molar-refractivity contribution in [2.24, 2.45) is 5.73 Å². The van der Waals surface area contributed by atoms with Crippen LogP contribution in [0.25, 0.3) is 0 Å². The van der Waals surface area contributed by atoms with Gasteiger partial charge in [-0.05, 0) is 46.5 Å². The summed E-state index contributed by atoms with van der Waals surface area (Å²) in [6, 6.07) is -0.502. The molecule has 2 aliphatic heterocycles. The van der Waals surface area contributed by atoms with E-state index in [2.05, 4.69) is 0 Å². The van der Waals surface area contributed by atoms with Crippen LogP contribution in [0.1, 0.15) is 46.5 Å². The average Bonchev–Trinajstić information content (AvgIpc) is 2.89. The van der Waals surface area contributed by atoms with Gasteiger partial charge in [-0.2, -0.15) is 0 Å². The summed E-state index contributed by atoms with van der Waals surface area (Å²) in [7, 11) is 0. The molecule has 0 aromatic heterocycles. The van der Waals surface area contributed by atoms with Gasteiger partial charge in [0.2, 0.25) is 5.91 Å². The molecule has 0 aliphatic carbocycles. The second-order valence-electron chi connectivity index (χ2n) is 7.02. The van der Waals surface area contributed by atoms with Crippen molar-refractivity contribution in [1.82, 2.24) is 9.80 Å².